The quantitative estimate of drug-likeness (QED) is 0.292. The van der Waals surface area contributed by atoms with E-state index >= 15 is 0 Å². The smallest absolute Gasteiger partial charge is 0.191 e. The van der Waals surface area contributed by atoms with E-state index in [4.69, 9.17) is 0 Å². The molecule has 0 saturated heterocycles. The van der Waals surface area contributed by atoms with Gasteiger partial charge in [0.2, 0.25) is 0 Å². The number of phenols is 1. The molecule has 0 amide bonds. The Balaban J connectivity index is 0.00000312. The van der Waals surface area contributed by atoms with E-state index in [0.717, 1.165) is 5.56 Å². The van der Waals surface area contributed by atoms with Crippen molar-refractivity contribution >= 4 is 41.3 Å². The van der Waals surface area contributed by atoms with Crippen molar-refractivity contribution in [3.05, 3.63) is 52.0 Å². The number of nitrogens with one attached hydrogen (secondary N) is 2. The monoisotopic (exact) mass is 479 g/mol. The summed E-state index contributed by atoms with van der Waals surface area (Å²) in [5, 5.41) is 29.7. The van der Waals surface area contributed by atoms with Gasteiger partial charge in [-0.3, -0.25) is 0 Å². The van der Waals surface area contributed by atoms with Crippen molar-refractivity contribution in [1.29, 1.82) is 0 Å². The number of aliphatic hydroxyl groups is 1. The molecular weight excluding hydrogens is 456 g/mol. The highest BCUT2D eigenvalue weighted by molar-refractivity contribution is 14.0. The average molecular weight is 479 g/mol. The maximum atomic E-state index is 13.4. The molecule has 0 aliphatic carbocycles. The van der Waals surface area contributed by atoms with Crippen LogP contribution in [0.15, 0.2) is 40.0 Å². The minimum atomic E-state index is -1.01. The number of halogens is 2. The molecule has 0 saturated carbocycles. The van der Waals surface area contributed by atoms with Crippen LogP contribution in [-0.4, -0.2) is 29.3 Å². The highest BCUT2D eigenvalue weighted by atomic mass is 127. The van der Waals surface area contributed by atoms with Crippen LogP contribution in [0.3, 0.4) is 0 Å². The van der Waals surface area contributed by atoms with Crippen LogP contribution in [0.4, 0.5) is 4.39 Å². The van der Waals surface area contributed by atoms with Crippen LogP contribution < -0.4 is 10.6 Å². The Bertz CT molecular complexity index is 693. The van der Waals surface area contributed by atoms with Gasteiger partial charge in [-0.1, -0.05) is 6.07 Å². The van der Waals surface area contributed by atoms with Gasteiger partial charge in [-0.15, -0.1) is 24.0 Å². The summed E-state index contributed by atoms with van der Waals surface area (Å²) in [4.78, 5) is 4.38. The Hall–Kier alpha value is -1.39. The van der Waals surface area contributed by atoms with E-state index in [0.29, 0.717) is 24.6 Å². The van der Waals surface area contributed by atoms with Crippen LogP contribution >= 0.6 is 35.3 Å². The van der Waals surface area contributed by atoms with Gasteiger partial charge in [-0.25, -0.2) is 9.38 Å². The lowest BCUT2D eigenvalue weighted by Crippen LogP contribution is -2.44. The van der Waals surface area contributed by atoms with Crippen LogP contribution in [0.2, 0.25) is 0 Å². The second kappa shape index (κ2) is 9.93. The molecule has 8 heteroatoms. The summed E-state index contributed by atoms with van der Waals surface area (Å²) in [6, 6.07) is 6.06. The van der Waals surface area contributed by atoms with Gasteiger partial charge in [0.25, 0.3) is 0 Å². The zero-order valence-electron chi connectivity index (χ0n) is 14.1. The average Bonchev–Trinajstić information content (AvgIpc) is 3.09. The predicted octanol–water partition coefficient (Wildman–Crippen LogP) is 3.17. The normalized spacial score (nSPS) is 13.7. The fraction of sp³-hybridized carbons (Fsp3) is 0.353. The summed E-state index contributed by atoms with van der Waals surface area (Å²) in [7, 11) is 0. The highest BCUT2D eigenvalue weighted by Gasteiger charge is 2.23. The van der Waals surface area contributed by atoms with E-state index in [1.165, 1.54) is 23.5 Å². The fourth-order valence-electron chi connectivity index (χ4n) is 2.09. The van der Waals surface area contributed by atoms with Gasteiger partial charge in [0.05, 0.1) is 13.1 Å². The standard InChI is InChI=1S/C17H22FN3O2S.HI/c1-3-19-16(20-9-12-4-5-15(22)14(18)8-12)21-11-17(2,23)13-6-7-24-10-13;/h4-8,10,22-23H,3,9,11H2,1-2H3,(H2,19,20,21);1H. The van der Waals surface area contributed by atoms with E-state index in [1.807, 2.05) is 23.8 Å². The Kier molecular flexibility index (Phi) is 8.60. The molecular formula is C17H23FIN3O2S. The van der Waals surface area contributed by atoms with Crippen molar-refractivity contribution in [2.75, 3.05) is 13.1 Å². The first kappa shape index (κ1) is 21.7. The lowest BCUT2D eigenvalue weighted by Gasteiger charge is -2.24. The number of hydrogen-bond donors (Lipinski definition) is 4. The maximum absolute atomic E-state index is 13.4. The summed E-state index contributed by atoms with van der Waals surface area (Å²) in [5.41, 5.74) is 0.476. The number of aliphatic imine (C=N–C) groups is 1. The van der Waals surface area contributed by atoms with Crippen LogP contribution in [0.5, 0.6) is 5.75 Å². The molecule has 5 nitrogen and oxygen atoms in total. The molecule has 1 atom stereocenters. The molecule has 1 unspecified atom stereocenters. The van der Waals surface area contributed by atoms with Crippen molar-refractivity contribution in [3.8, 4) is 5.75 Å². The summed E-state index contributed by atoms with van der Waals surface area (Å²) < 4.78 is 13.4. The minimum Gasteiger partial charge on any atom is -0.505 e. The summed E-state index contributed by atoms with van der Waals surface area (Å²) >= 11 is 1.53. The van der Waals surface area contributed by atoms with Gasteiger partial charge in [-0.2, -0.15) is 11.3 Å². The number of hydrogen-bond acceptors (Lipinski definition) is 4. The topological polar surface area (TPSA) is 76.9 Å². The van der Waals surface area contributed by atoms with E-state index in [1.54, 1.807) is 13.0 Å². The molecule has 1 heterocycles. The molecule has 2 rings (SSSR count). The molecule has 0 bridgehead atoms. The van der Waals surface area contributed by atoms with Gasteiger partial charge < -0.3 is 20.8 Å². The number of phenolic OH excluding ortho intramolecular Hbond substituents is 1. The number of rotatable bonds is 6. The molecule has 1 aromatic heterocycles. The lowest BCUT2D eigenvalue weighted by molar-refractivity contribution is 0.0621. The first-order valence-electron chi connectivity index (χ1n) is 7.67. The molecule has 0 fully saturated rings. The van der Waals surface area contributed by atoms with Crippen molar-refractivity contribution in [3.63, 3.8) is 0 Å². The van der Waals surface area contributed by atoms with E-state index in [9.17, 15) is 14.6 Å². The predicted molar refractivity (Wildman–Crippen MR) is 110 cm³/mol. The number of nitrogens with zero attached hydrogens (tertiary/aromatic N) is 1. The molecule has 0 aliphatic heterocycles. The van der Waals surface area contributed by atoms with Crippen LogP contribution in [0, 0.1) is 5.82 Å². The number of guanidine groups is 1. The third-order valence-corrected chi connectivity index (χ3v) is 4.20. The van der Waals surface area contributed by atoms with E-state index < -0.39 is 11.4 Å². The largest absolute Gasteiger partial charge is 0.505 e. The Morgan fingerprint density at radius 2 is 2.08 bits per heavy atom. The molecule has 1 aromatic carbocycles. The van der Waals surface area contributed by atoms with Crippen LogP contribution in [0.25, 0.3) is 0 Å². The van der Waals surface area contributed by atoms with E-state index in [-0.39, 0.29) is 36.3 Å². The van der Waals surface area contributed by atoms with Crippen molar-refractivity contribution < 1.29 is 14.6 Å². The summed E-state index contributed by atoms with van der Waals surface area (Å²) in [5.74, 6) is -0.512. The van der Waals surface area contributed by atoms with Crippen LogP contribution in [-0.2, 0) is 12.1 Å². The van der Waals surface area contributed by atoms with E-state index in [2.05, 4.69) is 15.6 Å². The van der Waals surface area contributed by atoms with Gasteiger partial charge in [0, 0.05) is 6.54 Å². The van der Waals surface area contributed by atoms with Crippen molar-refractivity contribution in [2.45, 2.75) is 26.0 Å². The molecule has 0 spiro atoms. The Labute approximate surface area is 168 Å². The molecule has 138 valence electrons. The van der Waals surface area contributed by atoms with Gasteiger partial charge in [-0.05, 0) is 53.9 Å². The van der Waals surface area contributed by atoms with Gasteiger partial charge in [0.15, 0.2) is 17.5 Å². The maximum Gasteiger partial charge on any atom is 0.191 e. The minimum absolute atomic E-state index is 0. The van der Waals surface area contributed by atoms with Crippen molar-refractivity contribution in [2.24, 2.45) is 4.99 Å². The molecule has 25 heavy (non-hydrogen) atoms. The summed E-state index contributed by atoms with van der Waals surface area (Å²) in [6.07, 6.45) is 0. The molecule has 0 radical (unpaired) electrons. The first-order valence-corrected chi connectivity index (χ1v) is 8.61. The number of thiophene rings is 1. The van der Waals surface area contributed by atoms with Gasteiger partial charge in [0.1, 0.15) is 5.60 Å². The number of aromatic hydroxyl groups is 1. The zero-order chi connectivity index (χ0) is 17.6. The first-order chi connectivity index (χ1) is 11.4. The molecule has 2 aromatic rings. The Morgan fingerprint density at radius 3 is 2.68 bits per heavy atom. The SMILES string of the molecule is CCNC(=NCc1ccc(O)c(F)c1)NCC(C)(O)c1ccsc1.I. The second-order valence-corrected chi connectivity index (χ2v) is 6.40. The summed E-state index contributed by atoms with van der Waals surface area (Å²) in [6.45, 7) is 4.89. The van der Waals surface area contributed by atoms with Crippen LogP contribution in [0.1, 0.15) is 25.0 Å². The third-order valence-electron chi connectivity index (χ3n) is 3.52. The second-order valence-electron chi connectivity index (χ2n) is 5.62. The highest BCUT2D eigenvalue weighted by Crippen LogP contribution is 2.22. The fourth-order valence-corrected chi connectivity index (χ4v) is 2.87. The molecule has 0 aliphatic rings. The molecule has 4 N–H and O–H groups in total. The lowest BCUT2D eigenvalue weighted by atomic mass is 9.99. The third kappa shape index (κ3) is 6.44. The number of benzene rings is 1. The van der Waals surface area contributed by atoms with Crippen molar-refractivity contribution in [1.82, 2.24) is 10.6 Å². The van der Waals surface area contributed by atoms with Gasteiger partial charge >= 0.3 is 0 Å². The Morgan fingerprint density at radius 1 is 1.32 bits per heavy atom. The zero-order valence-corrected chi connectivity index (χ0v) is 17.3.